The largest absolute Gasteiger partial charge is 0.389 e. The monoisotopic (exact) mass is 238 g/mol. The Kier molecular flexibility index (Phi) is 5.93. The second-order valence-electron chi connectivity index (χ2n) is 4.70. The van der Waals surface area contributed by atoms with E-state index in [9.17, 15) is 5.11 Å². The van der Waals surface area contributed by atoms with E-state index in [1.807, 2.05) is 13.0 Å². The van der Waals surface area contributed by atoms with Gasteiger partial charge in [0.1, 0.15) is 0 Å². The van der Waals surface area contributed by atoms with Gasteiger partial charge in [-0.05, 0) is 31.7 Å². The minimum absolute atomic E-state index is 0.547. The summed E-state index contributed by atoms with van der Waals surface area (Å²) >= 11 is 4.13. The van der Waals surface area contributed by atoms with Crippen molar-refractivity contribution in [1.29, 1.82) is 0 Å². The highest BCUT2D eigenvalue weighted by molar-refractivity contribution is 7.80. The molecule has 1 aromatic rings. The van der Waals surface area contributed by atoms with Gasteiger partial charge in [-0.15, -0.1) is 0 Å². The third kappa shape index (κ3) is 5.57. The number of hydrogen-bond donors (Lipinski definition) is 2. The molecule has 0 saturated heterocycles. The molecular weight excluding hydrogens is 216 g/mol. The lowest BCUT2D eigenvalue weighted by molar-refractivity contribution is 0.0735. The van der Waals surface area contributed by atoms with E-state index in [1.54, 1.807) is 0 Å². The van der Waals surface area contributed by atoms with Gasteiger partial charge in [0.25, 0.3) is 0 Å². The van der Waals surface area contributed by atoms with Crippen LogP contribution in [0.5, 0.6) is 0 Å². The summed E-state index contributed by atoms with van der Waals surface area (Å²) in [6, 6.07) is 10.6. The van der Waals surface area contributed by atoms with E-state index >= 15 is 0 Å². The molecule has 1 unspecified atom stereocenters. The van der Waals surface area contributed by atoms with Gasteiger partial charge in [0.2, 0.25) is 0 Å². The number of hydrogen-bond acceptors (Lipinski definition) is 2. The average Bonchev–Trinajstić information content (AvgIpc) is 2.30. The first kappa shape index (κ1) is 13.6. The predicted octanol–water partition coefficient (Wildman–Crippen LogP) is 3.47. The molecule has 0 saturated carbocycles. The van der Waals surface area contributed by atoms with Gasteiger partial charge in [0.15, 0.2) is 0 Å². The zero-order valence-corrected chi connectivity index (χ0v) is 10.9. The van der Waals surface area contributed by atoms with Crippen molar-refractivity contribution in [2.24, 2.45) is 0 Å². The zero-order valence-electron chi connectivity index (χ0n) is 10.0. The van der Waals surface area contributed by atoms with Crippen LogP contribution in [0.4, 0.5) is 0 Å². The van der Waals surface area contributed by atoms with Crippen LogP contribution in [0, 0.1) is 0 Å². The topological polar surface area (TPSA) is 20.2 Å². The Balaban J connectivity index is 2.09. The predicted molar refractivity (Wildman–Crippen MR) is 73.1 cm³/mol. The van der Waals surface area contributed by atoms with Crippen LogP contribution in [0.25, 0.3) is 0 Å². The van der Waals surface area contributed by atoms with Gasteiger partial charge in [-0.2, -0.15) is 12.6 Å². The molecule has 0 bridgehead atoms. The van der Waals surface area contributed by atoms with Gasteiger partial charge in [-0.3, -0.25) is 0 Å². The highest BCUT2D eigenvalue weighted by Crippen LogP contribution is 2.16. The number of thiol groups is 1. The molecule has 1 N–H and O–H groups in total. The molecule has 0 fully saturated rings. The minimum atomic E-state index is -0.587. The highest BCUT2D eigenvalue weighted by Gasteiger charge is 2.16. The second-order valence-corrected chi connectivity index (χ2v) is 5.02. The summed E-state index contributed by atoms with van der Waals surface area (Å²) < 4.78 is 0. The van der Waals surface area contributed by atoms with Crippen molar-refractivity contribution in [1.82, 2.24) is 0 Å². The first-order valence-electron chi connectivity index (χ1n) is 6.01. The number of aryl methyl sites for hydroxylation is 1. The van der Waals surface area contributed by atoms with Crippen LogP contribution in [0.15, 0.2) is 30.3 Å². The maximum atomic E-state index is 9.76. The van der Waals surface area contributed by atoms with E-state index in [0.29, 0.717) is 5.75 Å². The summed E-state index contributed by atoms with van der Waals surface area (Å²) in [4.78, 5) is 0. The molecule has 16 heavy (non-hydrogen) atoms. The molecule has 0 aliphatic rings. The maximum absolute atomic E-state index is 9.76. The van der Waals surface area contributed by atoms with Gasteiger partial charge in [-0.1, -0.05) is 43.2 Å². The zero-order chi connectivity index (χ0) is 11.9. The van der Waals surface area contributed by atoms with Crippen molar-refractivity contribution in [2.75, 3.05) is 5.75 Å². The van der Waals surface area contributed by atoms with E-state index in [4.69, 9.17) is 0 Å². The Morgan fingerprint density at radius 1 is 1.12 bits per heavy atom. The summed E-state index contributed by atoms with van der Waals surface area (Å²) in [7, 11) is 0. The summed E-state index contributed by atoms with van der Waals surface area (Å²) in [5.74, 6) is 0.547. The molecule has 1 aromatic carbocycles. The molecule has 0 aliphatic carbocycles. The Hall–Kier alpha value is -0.470. The fraction of sp³-hybridized carbons (Fsp3) is 0.571. The molecule has 0 heterocycles. The van der Waals surface area contributed by atoms with Crippen molar-refractivity contribution >= 4 is 12.6 Å². The molecular formula is C14H22OS. The van der Waals surface area contributed by atoms with Crippen LogP contribution in [-0.2, 0) is 6.42 Å². The maximum Gasteiger partial charge on any atom is 0.0707 e. The van der Waals surface area contributed by atoms with Crippen LogP contribution < -0.4 is 0 Å². The van der Waals surface area contributed by atoms with E-state index in [0.717, 1.165) is 19.3 Å². The third-order valence-electron chi connectivity index (χ3n) is 2.86. The van der Waals surface area contributed by atoms with Gasteiger partial charge in [0, 0.05) is 5.75 Å². The number of rotatable bonds is 7. The number of benzene rings is 1. The van der Waals surface area contributed by atoms with Crippen molar-refractivity contribution < 1.29 is 5.11 Å². The molecule has 2 heteroatoms. The van der Waals surface area contributed by atoms with Crippen LogP contribution >= 0.6 is 12.6 Å². The van der Waals surface area contributed by atoms with Gasteiger partial charge in [0.05, 0.1) is 5.60 Å². The average molecular weight is 238 g/mol. The highest BCUT2D eigenvalue weighted by atomic mass is 32.1. The smallest absolute Gasteiger partial charge is 0.0707 e. The SMILES string of the molecule is CC(O)(CS)CCCCCc1ccccc1. The molecule has 0 aliphatic heterocycles. The molecule has 0 amide bonds. The van der Waals surface area contributed by atoms with Crippen LogP contribution in [0.3, 0.4) is 0 Å². The first-order chi connectivity index (χ1) is 7.64. The van der Waals surface area contributed by atoms with Crippen molar-refractivity contribution in [3.05, 3.63) is 35.9 Å². The Morgan fingerprint density at radius 3 is 2.44 bits per heavy atom. The molecule has 90 valence electrons. The summed E-state index contributed by atoms with van der Waals surface area (Å²) in [6.07, 6.45) is 5.46. The molecule has 0 radical (unpaired) electrons. The quantitative estimate of drug-likeness (QED) is 0.550. The van der Waals surface area contributed by atoms with E-state index in [-0.39, 0.29) is 0 Å². The molecule has 1 atom stereocenters. The second kappa shape index (κ2) is 6.97. The van der Waals surface area contributed by atoms with Crippen molar-refractivity contribution in [3.8, 4) is 0 Å². The van der Waals surface area contributed by atoms with Gasteiger partial charge < -0.3 is 5.11 Å². The Bertz CT molecular complexity index is 282. The minimum Gasteiger partial charge on any atom is -0.389 e. The van der Waals surface area contributed by atoms with Crippen LogP contribution in [-0.4, -0.2) is 16.5 Å². The molecule has 1 nitrogen and oxygen atoms in total. The van der Waals surface area contributed by atoms with Crippen molar-refractivity contribution in [2.45, 2.75) is 44.6 Å². The van der Waals surface area contributed by atoms with E-state index < -0.39 is 5.60 Å². The number of aliphatic hydroxyl groups is 1. The lowest BCUT2D eigenvalue weighted by Gasteiger charge is -2.20. The number of unbranched alkanes of at least 4 members (excludes halogenated alkanes) is 2. The normalized spacial score (nSPS) is 14.7. The first-order valence-corrected chi connectivity index (χ1v) is 6.64. The van der Waals surface area contributed by atoms with Crippen LogP contribution in [0.1, 0.15) is 38.2 Å². The van der Waals surface area contributed by atoms with E-state index in [1.165, 1.54) is 18.4 Å². The Labute approximate surface area is 104 Å². The van der Waals surface area contributed by atoms with E-state index in [2.05, 4.69) is 36.9 Å². The summed E-state index contributed by atoms with van der Waals surface area (Å²) in [5, 5.41) is 9.76. The summed E-state index contributed by atoms with van der Waals surface area (Å²) in [5.41, 5.74) is 0.819. The van der Waals surface area contributed by atoms with Crippen molar-refractivity contribution in [3.63, 3.8) is 0 Å². The molecule has 0 spiro atoms. The fourth-order valence-corrected chi connectivity index (χ4v) is 1.89. The fourth-order valence-electron chi connectivity index (χ4n) is 1.74. The third-order valence-corrected chi connectivity index (χ3v) is 3.55. The lowest BCUT2D eigenvalue weighted by Crippen LogP contribution is -2.25. The van der Waals surface area contributed by atoms with Gasteiger partial charge >= 0.3 is 0 Å². The van der Waals surface area contributed by atoms with Gasteiger partial charge in [-0.25, -0.2) is 0 Å². The summed E-state index contributed by atoms with van der Waals surface area (Å²) in [6.45, 7) is 1.86. The molecule has 0 aromatic heterocycles. The molecule has 1 rings (SSSR count). The standard InChI is InChI=1S/C14H22OS/c1-14(15,12-16)11-7-3-6-10-13-8-4-2-5-9-13/h2,4-5,8-9,15-16H,3,6-7,10-12H2,1H3. The Morgan fingerprint density at radius 2 is 1.81 bits per heavy atom. The van der Waals surface area contributed by atoms with Crippen LogP contribution in [0.2, 0.25) is 0 Å². The lowest BCUT2D eigenvalue weighted by atomic mass is 9.99.